The minimum atomic E-state index is 0.503. The van der Waals surface area contributed by atoms with Crippen molar-refractivity contribution in [1.29, 1.82) is 0 Å². The van der Waals surface area contributed by atoms with Gasteiger partial charge in [0.2, 0.25) is 11.7 Å². The average Bonchev–Trinajstić information content (AvgIpc) is 3.10. The summed E-state index contributed by atoms with van der Waals surface area (Å²) < 4.78 is 16.5. The molecule has 1 aliphatic rings. The third kappa shape index (κ3) is 3.61. The van der Waals surface area contributed by atoms with Crippen molar-refractivity contribution in [1.82, 2.24) is 20.0 Å². The van der Waals surface area contributed by atoms with Crippen LogP contribution in [0.15, 0.2) is 47.1 Å². The highest BCUT2D eigenvalue weighted by Gasteiger charge is 2.14. The van der Waals surface area contributed by atoms with Gasteiger partial charge in [0.15, 0.2) is 11.5 Å². The second-order valence-electron chi connectivity index (χ2n) is 5.88. The molecule has 128 valence electrons. The largest absolute Gasteiger partial charge is 0.486 e. The van der Waals surface area contributed by atoms with E-state index < -0.39 is 0 Å². The van der Waals surface area contributed by atoms with E-state index in [1.807, 2.05) is 43.4 Å². The van der Waals surface area contributed by atoms with Crippen molar-refractivity contribution < 1.29 is 14.0 Å². The number of rotatable bonds is 5. The van der Waals surface area contributed by atoms with E-state index in [-0.39, 0.29) is 0 Å². The standard InChI is InChI=1S/C18H18N4O3/c1-22(11-13-5-6-15-16(10-13)24-9-8-23-15)12-17-20-18(21-25-17)14-4-2-3-7-19-14/h2-7,10H,8-9,11-12H2,1H3. The maximum Gasteiger partial charge on any atom is 0.241 e. The van der Waals surface area contributed by atoms with E-state index in [0.717, 1.165) is 23.6 Å². The molecule has 0 radical (unpaired) electrons. The van der Waals surface area contributed by atoms with Crippen LogP contribution in [0.1, 0.15) is 11.5 Å². The third-order valence-corrected chi connectivity index (χ3v) is 3.83. The highest BCUT2D eigenvalue weighted by atomic mass is 16.6. The van der Waals surface area contributed by atoms with E-state index >= 15 is 0 Å². The van der Waals surface area contributed by atoms with E-state index in [1.54, 1.807) is 6.20 Å². The summed E-state index contributed by atoms with van der Waals surface area (Å²) in [6.07, 6.45) is 1.71. The van der Waals surface area contributed by atoms with E-state index in [1.165, 1.54) is 0 Å². The average molecular weight is 338 g/mol. The minimum Gasteiger partial charge on any atom is -0.486 e. The van der Waals surface area contributed by atoms with Crippen LogP contribution in [-0.4, -0.2) is 40.3 Å². The van der Waals surface area contributed by atoms with Crippen LogP contribution < -0.4 is 9.47 Å². The fourth-order valence-electron chi connectivity index (χ4n) is 2.70. The van der Waals surface area contributed by atoms with Gasteiger partial charge in [-0.25, -0.2) is 0 Å². The predicted molar refractivity (Wildman–Crippen MR) is 90.1 cm³/mol. The van der Waals surface area contributed by atoms with Crippen molar-refractivity contribution in [2.24, 2.45) is 0 Å². The molecule has 7 nitrogen and oxygen atoms in total. The van der Waals surface area contributed by atoms with Crippen molar-refractivity contribution >= 4 is 0 Å². The maximum absolute atomic E-state index is 5.62. The number of aromatic nitrogens is 3. The van der Waals surface area contributed by atoms with Gasteiger partial charge in [0.05, 0.1) is 6.54 Å². The lowest BCUT2D eigenvalue weighted by Crippen LogP contribution is -2.18. The normalized spacial score (nSPS) is 13.2. The number of ether oxygens (including phenoxy) is 2. The smallest absolute Gasteiger partial charge is 0.241 e. The highest BCUT2D eigenvalue weighted by molar-refractivity contribution is 5.47. The molecule has 1 aromatic carbocycles. The van der Waals surface area contributed by atoms with Gasteiger partial charge in [0.1, 0.15) is 18.9 Å². The lowest BCUT2D eigenvalue weighted by molar-refractivity contribution is 0.171. The maximum atomic E-state index is 5.62. The Kier molecular flexibility index (Phi) is 4.30. The molecule has 25 heavy (non-hydrogen) atoms. The Morgan fingerprint density at radius 1 is 1.04 bits per heavy atom. The zero-order valence-electron chi connectivity index (χ0n) is 13.9. The summed E-state index contributed by atoms with van der Waals surface area (Å²) in [5.74, 6) is 2.66. The van der Waals surface area contributed by atoms with Gasteiger partial charge in [0, 0.05) is 12.7 Å². The number of nitrogens with zero attached hydrogens (tertiary/aromatic N) is 4. The molecular weight excluding hydrogens is 320 g/mol. The van der Waals surface area contributed by atoms with Crippen LogP contribution in [0, 0.1) is 0 Å². The first-order valence-electron chi connectivity index (χ1n) is 8.09. The van der Waals surface area contributed by atoms with Gasteiger partial charge in [-0.1, -0.05) is 17.3 Å². The molecular formula is C18H18N4O3. The fourth-order valence-corrected chi connectivity index (χ4v) is 2.70. The molecule has 4 rings (SSSR count). The molecule has 2 aromatic heterocycles. The summed E-state index contributed by atoms with van der Waals surface area (Å²) in [5.41, 5.74) is 1.84. The Hall–Kier alpha value is -2.93. The molecule has 0 amide bonds. The SMILES string of the molecule is CN(Cc1ccc2c(c1)OCCO2)Cc1nc(-c2ccccn2)no1. The molecule has 0 N–H and O–H groups in total. The molecule has 0 saturated carbocycles. The third-order valence-electron chi connectivity index (χ3n) is 3.83. The molecule has 0 atom stereocenters. The summed E-state index contributed by atoms with van der Waals surface area (Å²) in [6.45, 7) is 2.47. The van der Waals surface area contributed by atoms with Gasteiger partial charge in [-0.15, -0.1) is 0 Å². The monoisotopic (exact) mass is 338 g/mol. The van der Waals surface area contributed by atoms with Crippen LogP contribution in [0.25, 0.3) is 11.5 Å². The molecule has 0 aliphatic carbocycles. The lowest BCUT2D eigenvalue weighted by Gasteiger charge is -2.20. The molecule has 0 spiro atoms. The van der Waals surface area contributed by atoms with Crippen molar-refractivity contribution in [3.8, 4) is 23.0 Å². The van der Waals surface area contributed by atoms with E-state index in [4.69, 9.17) is 14.0 Å². The molecule has 7 heteroatoms. The van der Waals surface area contributed by atoms with Crippen molar-refractivity contribution in [3.05, 3.63) is 54.0 Å². The number of pyridine rings is 1. The Balaban J connectivity index is 1.41. The van der Waals surface area contributed by atoms with Crippen LogP contribution in [0.4, 0.5) is 0 Å². The summed E-state index contributed by atoms with van der Waals surface area (Å²) in [6, 6.07) is 11.6. The Morgan fingerprint density at radius 3 is 2.76 bits per heavy atom. The first kappa shape index (κ1) is 15.6. The molecule has 0 saturated heterocycles. The van der Waals surface area contributed by atoms with Crippen LogP contribution in [0.2, 0.25) is 0 Å². The van der Waals surface area contributed by atoms with Gasteiger partial charge in [-0.05, 0) is 36.9 Å². The van der Waals surface area contributed by atoms with Crippen LogP contribution >= 0.6 is 0 Å². The molecule has 0 fully saturated rings. The van der Waals surface area contributed by atoms with Crippen LogP contribution in [0.5, 0.6) is 11.5 Å². The van der Waals surface area contributed by atoms with Gasteiger partial charge in [-0.2, -0.15) is 4.98 Å². The van der Waals surface area contributed by atoms with Crippen molar-refractivity contribution in [3.63, 3.8) is 0 Å². The van der Waals surface area contributed by atoms with Crippen molar-refractivity contribution in [2.75, 3.05) is 20.3 Å². The van der Waals surface area contributed by atoms with Gasteiger partial charge < -0.3 is 14.0 Å². The summed E-state index contributed by atoms with van der Waals surface area (Å²) in [7, 11) is 2.00. The number of hydrogen-bond acceptors (Lipinski definition) is 7. The first-order chi connectivity index (χ1) is 12.3. The second kappa shape index (κ2) is 6.90. The number of hydrogen-bond donors (Lipinski definition) is 0. The van der Waals surface area contributed by atoms with E-state index in [9.17, 15) is 0 Å². The zero-order valence-corrected chi connectivity index (χ0v) is 13.9. The van der Waals surface area contributed by atoms with Gasteiger partial charge in [-0.3, -0.25) is 9.88 Å². The van der Waals surface area contributed by atoms with Gasteiger partial charge >= 0.3 is 0 Å². The Labute approximate surface area is 145 Å². The fraction of sp³-hybridized carbons (Fsp3) is 0.278. The first-order valence-corrected chi connectivity index (χ1v) is 8.09. The molecule has 3 heterocycles. The zero-order chi connectivity index (χ0) is 17.1. The van der Waals surface area contributed by atoms with Crippen molar-refractivity contribution in [2.45, 2.75) is 13.1 Å². The second-order valence-corrected chi connectivity index (χ2v) is 5.88. The van der Waals surface area contributed by atoms with Crippen LogP contribution in [-0.2, 0) is 13.1 Å². The quantitative estimate of drug-likeness (QED) is 0.708. The van der Waals surface area contributed by atoms with E-state index in [2.05, 4.69) is 20.0 Å². The minimum absolute atomic E-state index is 0.503. The lowest BCUT2D eigenvalue weighted by atomic mass is 10.2. The number of benzene rings is 1. The topological polar surface area (TPSA) is 73.5 Å². The Bertz CT molecular complexity index is 851. The predicted octanol–water partition coefficient (Wildman–Crippen LogP) is 2.53. The molecule has 1 aliphatic heterocycles. The molecule has 0 unspecified atom stereocenters. The highest BCUT2D eigenvalue weighted by Crippen LogP contribution is 2.31. The summed E-state index contributed by atoms with van der Waals surface area (Å²) >= 11 is 0. The van der Waals surface area contributed by atoms with Gasteiger partial charge in [0.25, 0.3) is 0 Å². The number of fused-ring (bicyclic) bond motifs is 1. The molecule has 3 aromatic rings. The van der Waals surface area contributed by atoms with Crippen LogP contribution in [0.3, 0.4) is 0 Å². The summed E-state index contributed by atoms with van der Waals surface area (Å²) in [4.78, 5) is 10.7. The Morgan fingerprint density at radius 2 is 1.92 bits per heavy atom. The summed E-state index contributed by atoms with van der Waals surface area (Å²) in [5, 5.41) is 3.99. The van der Waals surface area contributed by atoms with E-state index in [0.29, 0.717) is 37.2 Å². The molecule has 0 bridgehead atoms.